The molecular formula is C17H20N2O. The lowest BCUT2D eigenvalue weighted by Crippen LogP contribution is -2.15. The number of nitrogen functional groups attached to an aromatic ring is 1. The topological polar surface area (TPSA) is 55.1 Å². The lowest BCUT2D eigenvalue weighted by Gasteiger charge is -2.14. The van der Waals surface area contributed by atoms with Gasteiger partial charge in [0.2, 0.25) is 0 Å². The molecule has 104 valence electrons. The van der Waals surface area contributed by atoms with Crippen LogP contribution in [0.15, 0.2) is 30.3 Å². The van der Waals surface area contributed by atoms with Crippen LogP contribution in [-0.4, -0.2) is 5.91 Å². The minimum atomic E-state index is -0.0979. The molecule has 0 aliphatic heterocycles. The van der Waals surface area contributed by atoms with Gasteiger partial charge in [0.05, 0.1) is 0 Å². The number of anilines is 2. The summed E-state index contributed by atoms with van der Waals surface area (Å²) in [5.74, 6) is -0.0979. The Morgan fingerprint density at radius 3 is 2.35 bits per heavy atom. The van der Waals surface area contributed by atoms with Crippen molar-refractivity contribution >= 4 is 17.3 Å². The highest BCUT2D eigenvalue weighted by Crippen LogP contribution is 2.26. The second-order valence-electron chi connectivity index (χ2n) is 5.24. The zero-order valence-electron chi connectivity index (χ0n) is 12.4. The van der Waals surface area contributed by atoms with Crippen molar-refractivity contribution in [2.24, 2.45) is 0 Å². The molecule has 3 N–H and O–H groups in total. The predicted molar refractivity (Wildman–Crippen MR) is 84.2 cm³/mol. The van der Waals surface area contributed by atoms with Gasteiger partial charge in [-0.2, -0.15) is 0 Å². The summed E-state index contributed by atoms with van der Waals surface area (Å²) in [6.45, 7) is 7.84. The van der Waals surface area contributed by atoms with E-state index in [1.54, 1.807) is 0 Å². The van der Waals surface area contributed by atoms with Crippen LogP contribution in [0, 0.1) is 27.7 Å². The summed E-state index contributed by atoms with van der Waals surface area (Å²) in [6.07, 6.45) is 0. The molecule has 2 aromatic carbocycles. The summed E-state index contributed by atoms with van der Waals surface area (Å²) in [4.78, 5) is 12.4. The van der Waals surface area contributed by atoms with Crippen LogP contribution in [0.5, 0.6) is 0 Å². The van der Waals surface area contributed by atoms with E-state index in [4.69, 9.17) is 5.73 Å². The zero-order valence-corrected chi connectivity index (χ0v) is 12.4. The number of rotatable bonds is 2. The van der Waals surface area contributed by atoms with Gasteiger partial charge in [0, 0.05) is 16.9 Å². The van der Waals surface area contributed by atoms with Crippen molar-refractivity contribution in [2.75, 3.05) is 11.1 Å². The van der Waals surface area contributed by atoms with Crippen LogP contribution in [0.3, 0.4) is 0 Å². The molecule has 0 saturated heterocycles. The third-order valence-corrected chi connectivity index (χ3v) is 3.58. The second kappa shape index (κ2) is 5.37. The molecular weight excluding hydrogens is 248 g/mol. The lowest BCUT2D eigenvalue weighted by molar-refractivity contribution is 0.102. The second-order valence-corrected chi connectivity index (χ2v) is 5.24. The van der Waals surface area contributed by atoms with Gasteiger partial charge in [0.1, 0.15) is 0 Å². The first-order valence-electron chi connectivity index (χ1n) is 6.64. The maximum atomic E-state index is 12.4. The van der Waals surface area contributed by atoms with Gasteiger partial charge in [-0.3, -0.25) is 4.79 Å². The van der Waals surface area contributed by atoms with Gasteiger partial charge in [0.25, 0.3) is 5.91 Å². The summed E-state index contributed by atoms with van der Waals surface area (Å²) >= 11 is 0. The first-order valence-corrected chi connectivity index (χ1v) is 6.64. The van der Waals surface area contributed by atoms with E-state index in [0.717, 1.165) is 27.9 Å². The maximum Gasteiger partial charge on any atom is 0.255 e. The molecule has 0 aliphatic carbocycles. The van der Waals surface area contributed by atoms with Crippen LogP contribution in [0.25, 0.3) is 0 Å². The Hall–Kier alpha value is -2.29. The van der Waals surface area contributed by atoms with E-state index in [1.165, 1.54) is 0 Å². The number of carbonyl (C=O) groups is 1. The molecule has 0 fully saturated rings. The average Bonchev–Trinajstić information content (AvgIpc) is 2.39. The van der Waals surface area contributed by atoms with Gasteiger partial charge in [-0.25, -0.2) is 0 Å². The number of hydrogen-bond donors (Lipinski definition) is 2. The smallest absolute Gasteiger partial charge is 0.255 e. The Bertz CT molecular complexity index is 675. The Balaban J connectivity index is 2.35. The molecule has 0 saturated carbocycles. The minimum Gasteiger partial charge on any atom is -0.398 e. The zero-order chi connectivity index (χ0) is 14.9. The SMILES string of the molecule is Cc1ccc(C(=O)Nc2c(C)ccc(N)c2C)c(C)c1. The summed E-state index contributed by atoms with van der Waals surface area (Å²) in [5, 5.41) is 2.98. The Kier molecular flexibility index (Phi) is 3.79. The molecule has 2 aromatic rings. The number of carbonyl (C=O) groups excluding carboxylic acids is 1. The van der Waals surface area contributed by atoms with Crippen molar-refractivity contribution in [1.82, 2.24) is 0 Å². The molecule has 0 radical (unpaired) electrons. The summed E-state index contributed by atoms with van der Waals surface area (Å²) in [6, 6.07) is 9.59. The Morgan fingerprint density at radius 2 is 1.70 bits per heavy atom. The van der Waals surface area contributed by atoms with Gasteiger partial charge in [0.15, 0.2) is 0 Å². The molecule has 0 aliphatic rings. The molecule has 0 unspecified atom stereocenters. The van der Waals surface area contributed by atoms with Crippen molar-refractivity contribution < 1.29 is 4.79 Å². The molecule has 0 atom stereocenters. The lowest BCUT2D eigenvalue weighted by atomic mass is 10.0. The molecule has 3 nitrogen and oxygen atoms in total. The molecule has 0 bridgehead atoms. The standard InChI is InChI=1S/C17H20N2O/c1-10-5-7-14(12(3)9-10)17(20)19-16-11(2)6-8-15(18)13(16)4/h5-9H,18H2,1-4H3,(H,19,20). The van der Waals surface area contributed by atoms with E-state index in [1.807, 2.05) is 58.0 Å². The minimum absolute atomic E-state index is 0.0979. The Labute approximate surface area is 119 Å². The Morgan fingerprint density at radius 1 is 1.00 bits per heavy atom. The van der Waals surface area contributed by atoms with Gasteiger partial charge < -0.3 is 11.1 Å². The predicted octanol–water partition coefficient (Wildman–Crippen LogP) is 3.75. The highest BCUT2D eigenvalue weighted by Gasteiger charge is 2.13. The molecule has 0 aromatic heterocycles. The van der Waals surface area contributed by atoms with Crippen LogP contribution < -0.4 is 11.1 Å². The summed E-state index contributed by atoms with van der Waals surface area (Å²) in [5.41, 5.74) is 12.1. The van der Waals surface area contributed by atoms with Gasteiger partial charge in [-0.05, 0) is 56.5 Å². The van der Waals surface area contributed by atoms with E-state index >= 15 is 0 Å². The molecule has 1 amide bonds. The van der Waals surface area contributed by atoms with E-state index in [2.05, 4.69) is 5.32 Å². The highest BCUT2D eigenvalue weighted by atomic mass is 16.1. The number of aryl methyl sites for hydroxylation is 3. The largest absolute Gasteiger partial charge is 0.398 e. The van der Waals surface area contributed by atoms with E-state index in [-0.39, 0.29) is 5.91 Å². The maximum absolute atomic E-state index is 12.4. The third kappa shape index (κ3) is 2.67. The van der Waals surface area contributed by atoms with E-state index in [0.29, 0.717) is 11.3 Å². The summed E-state index contributed by atoms with van der Waals surface area (Å²) < 4.78 is 0. The fourth-order valence-electron chi connectivity index (χ4n) is 2.30. The van der Waals surface area contributed by atoms with Crippen LogP contribution in [-0.2, 0) is 0 Å². The first-order chi connectivity index (χ1) is 9.40. The van der Waals surface area contributed by atoms with Gasteiger partial charge in [-0.1, -0.05) is 23.8 Å². The van der Waals surface area contributed by atoms with Crippen molar-refractivity contribution in [2.45, 2.75) is 27.7 Å². The van der Waals surface area contributed by atoms with Crippen molar-refractivity contribution in [1.29, 1.82) is 0 Å². The molecule has 0 heterocycles. The fraction of sp³-hybridized carbons (Fsp3) is 0.235. The number of amides is 1. The molecule has 3 heteroatoms. The quantitative estimate of drug-likeness (QED) is 0.815. The fourth-order valence-corrected chi connectivity index (χ4v) is 2.30. The molecule has 2 rings (SSSR count). The first kappa shape index (κ1) is 14.1. The normalized spacial score (nSPS) is 10.4. The monoisotopic (exact) mass is 268 g/mol. The highest BCUT2D eigenvalue weighted by molar-refractivity contribution is 6.06. The summed E-state index contributed by atoms with van der Waals surface area (Å²) in [7, 11) is 0. The van der Waals surface area contributed by atoms with Gasteiger partial charge in [-0.15, -0.1) is 0 Å². The third-order valence-electron chi connectivity index (χ3n) is 3.58. The number of hydrogen-bond acceptors (Lipinski definition) is 2. The van der Waals surface area contributed by atoms with Crippen molar-refractivity contribution in [3.8, 4) is 0 Å². The van der Waals surface area contributed by atoms with Crippen LogP contribution in [0.2, 0.25) is 0 Å². The van der Waals surface area contributed by atoms with Crippen molar-refractivity contribution in [3.63, 3.8) is 0 Å². The van der Waals surface area contributed by atoms with E-state index in [9.17, 15) is 4.79 Å². The van der Waals surface area contributed by atoms with E-state index < -0.39 is 0 Å². The number of nitrogens with two attached hydrogens (primary N) is 1. The van der Waals surface area contributed by atoms with Crippen LogP contribution in [0.1, 0.15) is 32.6 Å². The molecule has 20 heavy (non-hydrogen) atoms. The molecule has 0 spiro atoms. The average molecular weight is 268 g/mol. The van der Waals surface area contributed by atoms with Gasteiger partial charge >= 0.3 is 0 Å². The number of nitrogens with one attached hydrogen (secondary N) is 1. The van der Waals surface area contributed by atoms with Crippen LogP contribution >= 0.6 is 0 Å². The number of benzene rings is 2. The van der Waals surface area contributed by atoms with Crippen molar-refractivity contribution in [3.05, 3.63) is 58.1 Å². The van der Waals surface area contributed by atoms with Crippen LogP contribution in [0.4, 0.5) is 11.4 Å².